The van der Waals surface area contributed by atoms with Crippen molar-refractivity contribution in [2.45, 2.75) is 142 Å². The minimum absolute atomic E-state index is 0.830. The van der Waals surface area contributed by atoms with E-state index in [0.29, 0.717) is 0 Å². The second-order valence-corrected chi connectivity index (χ2v) is 10.9. The Labute approximate surface area is 212 Å². The Hall–Kier alpha value is -1.18. The third-order valence-electron chi connectivity index (χ3n) is 7.80. The van der Waals surface area contributed by atoms with Crippen molar-refractivity contribution in [3.63, 3.8) is 0 Å². The summed E-state index contributed by atoms with van der Waals surface area (Å²) in [6.07, 6.45) is 27.7. The van der Waals surface area contributed by atoms with E-state index in [1.807, 2.05) is 0 Å². The molecule has 1 aliphatic rings. The Kier molecular flexibility index (Phi) is 17.1. The first kappa shape index (κ1) is 29.1. The Morgan fingerprint density at radius 3 is 1.38 bits per heavy atom. The highest BCUT2D eigenvalue weighted by molar-refractivity contribution is 5.31. The van der Waals surface area contributed by atoms with E-state index in [0.717, 1.165) is 43.0 Å². The molecule has 1 saturated carbocycles. The minimum atomic E-state index is 0.830. The van der Waals surface area contributed by atoms with Crippen LogP contribution in [-0.2, 0) is 0 Å². The van der Waals surface area contributed by atoms with Gasteiger partial charge in [-0.2, -0.15) is 0 Å². The first-order valence-corrected chi connectivity index (χ1v) is 15.2. The summed E-state index contributed by atoms with van der Waals surface area (Å²) in [4.78, 5) is 0. The number of ether oxygens (including phenoxy) is 2. The number of hydrogen-bond donors (Lipinski definition) is 0. The molecule has 0 radical (unpaired) electrons. The molecule has 0 aromatic heterocycles. The third-order valence-corrected chi connectivity index (χ3v) is 7.80. The summed E-state index contributed by atoms with van der Waals surface area (Å²) < 4.78 is 11.9. The molecule has 34 heavy (non-hydrogen) atoms. The average Bonchev–Trinajstić information content (AvgIpc) is 2.87. The van der Waals surface area contributed by atoms with Crippen molar-refractivity contribution < 1.29 is 9.47 Å². The van der Waals surface area contributed by atoms with Crippen LogP contribution in [0.2, 0.25) is 0 Å². The summed E-state index contributed by atoms with van der Waals surface area (Å²) >= 11 is 0. The molecule has 1 aromatic rings. The molecule has 0 N–H and O–H groups in total. The van der Waals surface area contributed by atoms with E-state index in [9.17, 15) is 0 Å². The quantitative estimate of drug-likeness (QED) is 0.166. The maximum atomic E-state index is 6.00. The van der Waals surface area contributed by atoms with Crippen molar-refractivity contribution in [2.24, 2.45) is 11.8 Å². The van der Waals surface area contributed by atoms with E-state index in [2.05, 4.69) is 38.1 Å². The van der Waals surface area contributed by atoms with Gasteiger partial charge in [0.15, 0.2) is 0 Å². The van der Waals surface area contributed by atoms with Crippen LogP contribution >= 0.6 is 0 Å². The lowest BCUT2D eigenvalue weighted by molar-refractivity contribution is 0.228. The fraction of sp³-hybridized carbons (Fsp3) is 0.812. The highest BCUT2D eigenvalue weighted by Crippen LogP contribution is 2.34. The van der Waals surface area contributed by atoms with Gasteiger partial charge in [0.25, 0.3) is 0 Å². The van der Waals surface area contributed by atoms with Gasteiger partial charge in [0.1, 0.15) is 11.5 Å². The van der Waals surface area contributed by atoms with Gasteiger partial charge in [0.05, 0.1) is 13.2 Å². The van der Waals surface area contributed by atoms with E-state index in [-0.39, 0.29) is 0 Å². The first-order valence-electron chi connectivity index (χ1n) is 15.2. The molecule has 196 valence electrons. The van der Waals surface area contributed by atoms with Crippen LogP contribution in [0.3, 0.4) is 0 Å². The molecule has 0 spiro atoms. The van der Waals surface area contributed by atoms with Gasteiger partial charge in [-0.15, -0.1) is 0 Å². The molecular formula is C32H56O2. The van der Waals surface area contributed by atoms with E-state index < -0.39 is 0 Å². The predicted octanol–water partition coefficient (Wildman–Crippen LogP) is 10.5. The third kappa shape index (κ3) is 14.3. The smallest absolute Gasteiger partial charge is 0.119 e. The molecule has 0 unspecified atom stereocenters. The molecule has 1 aromatic carbocycles. The molecule has 0 aliphatic heterocycles. The maximum absolute atomic E-state index is 6.00. The molecular weight excluding hydrogens is 416 g/mol. The van der Waals surface area contributed by atoms with Gasteiger partial charge < -0.3 is 9.47 Å². The largest absolute Gasteiger partial charge is 0.494 e. The van der Waals surface area contributed by atoms with E-state index in [1.165, 1.54) is 122 Å². The van der Waals surface area contributed by atoms with Crippen LogP contribution in [0.4, 0.5) is 0 Å². The second-order valence-electron chi connectivity index (χ2n) is 10.9. The van der Waals surface area contributed by atoms with Crippen LogP contribution in [0.5, 0.6) is 11.5 Å². The van der Waals surface area contributed by atoms with Crippen LogP contribution in [0.25, 0.3) is 0 Å². The summed E-state index contributed by atoms with van der Waals surface area (Å²) in [5, 5.41) is 0. The topological polar surface area (TPSA) is 18.5 Å². The molecule has 1 aliphatic carbocycles. The fourth-order valence-corrected chi connectivity index (χ4v) is 5.47. The summed E-state index contributed by atoms with van der Waals surface area (Å²) in [6, 6.07) is 8.25. The molecule has 0 atom stereocenters. The first-order chi connectivity index (χ1) is 16.8. The van der Waals surface area contributed by atoms with E-state index in [4.69, 9.17) is 9.47 Å². The lowest BCUT2D eigenvalue weighted by atomic mass is 9.78. The normalized spacial score (nSPS) is 18.2. The lowest BCUT2D eigenvalue weighted by Crippen LogP contribution is -2.15. The van der Waals surface area contributed by atoms with Gasteiger partial charge >= 0.3 is 0 Å². The molecule has 1 fully saturated rings. The number of unbranched alkanes of at least 4 members (excludes halogenated alkanes) is 11. The predicted molar refractivity (Wildman–Crippen MR) is 148 cm³/mol. The van der Waals surface area contributed by atoms with Gasteiger partial charge in [0, 0.05) is 0 Å². The zero-order chi connectivity index (χ0) is 24.1. The number of hydrogen-bond acceptors (Lipinski definition) is 2. The SMILES string of the molecule is CCCCCCCCCCOc1ccc(OCCCC2CCC(CCCCCCC)CC2)cc1. The standard InChI is InChI=1S/C32H56O2/c1-3-5-7-9-10-11-13-15-27-33-31-23-25-32(26-24-31)34-28-16-18-30-21-19-29(20-22-30)17-14-12-8-6-4-2/h23-26,29-30H,3-22,27-28H2,1-2H3. The van der Waals surface area contributed by atoms with E-state index in [1.54, 1.807) is 0 Å². The van der Waals surface area contributed by atoms with Crippen molar-refractivity contribution in [2.75, 3.05) is 13.2 Å². The fourth-order valence-electron chi connectivity index (χ4n) is 5.47. The van der Waals surface area contributed by atoms with Gasteiger partial charge in [-0.3, -0.25) is 0 Å². The second kappa shape index (κ2) is 20.1. The Bertz CT molecular complexity index is 559. The van der Waals surface area contributed by atoms with Gasteiger partial charge in [-0.05, 0) is 55.4 Å². The van der Waals surface area contributed by atoms with Crippen LogP contribution < -0.4 is 9.47 Å². The Balaban J connectivity index is 1.43. The molecule has 2 nitrogen and oxygen atoms in total. The zero-order valence-electron chi connectivity index (χ0n) is 22.8. The molecule has 0 saturated heterocycles. The molecule has 0 bridgehead atoms. The molecule has 0 heterocycles. The molecule has 2 heteroatoms. The maximum Gasteiger partial charge on any atom is 0.119 e. The minimum Gasteiger partial charge on any atom is -0.494 e. The summed E-state index contributed by atoms with van der Waals surface area (Å²) in [6.45, 7) is 6.25. The van der Waals surface area contributed by atoms with Crippen molar-refractivity contribution in [3.05, 3.63) is 24.3 Å². The lowest BCUT2D eigenvalue weighted by Gasteiger charge is -2.28. The van der Waals surface area contributed by atoms with Crippen LogP contribution in [0.1, 0.15) is 142 Å². The summed E-state index contributed by atoms with van der Waals surface area (Å²) in [7, 11) is 0. The van der Waals surface area contributed by atoms with Crippen LogP contribution in [0.15, 0.2) is 24.3 Å². The monoisotopic (exact) mass is 472 g/mol. The van der Waals surface area contributed by atoms with E-state index >= 15 is 0 Å². The summed E-state index contributed by atoms with van der Waals surface area (Å²) in [5.41, 5.74) is 0. The molecule has 0 amide bonds. The zero-order valence-corrected chi connectivity index (χ0v) is 22.8. The van der Waals surface area contributed by atoms with Crippen molar-refractivity contribution >= 4 is 0 Å². The highest BCUT2D eigenvalue weighted by Gasteiger charge is 2.20. The van der Waals surface area contributed by atoms with Crippen LogP contribution in [0, 0.1) is 11.8 Å². The van der Waals surface area contributed by atoms with Crippen molar-refractivity contribution in [1.29, 1.82) is 0 Å². The Morgan fingerprint density at radius 2 is 0.882 bits per heavy atom. The highest BCUT2D eigenvalue weighted by atomic mass is 16.5. The van der Waals surface area contributed by atoms with Gasteiger partial charge in [-0.1, -0.05) is 123 Å². The number of rotatable bonds is 21. The Morgan fingerprint density at radius 1 is 0.500 bits per heavy atom. The van der Waals surface area contributed by atoms with Crippen molar-refractivity contribution in [1.82, 2.24) is 0 Å². The average molecular weight is 473 g/mol. The molecule has 2 rings (SSSR count). The van der Waals surface area contributed by atoms with Crippen LogP contribution in [-0.4, -0.2) is 13.2 Å². The number of benzene rings is 1. The van der Waals surface area contributed by atoms with Crippen molar-refractivity contribution in [3.8, 4) is 11.5 Å². The summed E-state index contributed by atoms with van der Waals surface area (Å²) in [5.74, 6) is 3.90. The van der Waals surface area contributed by atoms with Gasteiger partial charge in [-0.25, -0.2) is 0 Å². The van der Waals surface area contributed by atoms with Gasteiger partial charge in [0.2, 0.25) is 0 Å².